The fraction of sp³-hybridized carbons (Fsp3) is 0.558. The van der Waals surface area contributed by atoms with Crippen LogP contribution in [0, 0.1) is 32.1 Å². The number of ether oxygens (including phenoxy) is 3. The number of hydrogen-bond donors (Lipinski definition) is 2. The van der Waals surface area contributed by atoms with Crippen LogP contribution in [-0.4, -0.2) is 106 Å². The number of rotatable bonds is 17. The Bertz CT molecular complexity index is 1990. The first kappa shape index (κ1) is 43.0. The van der Waals surface area contributed by atoms with E-state index in [0.717, 1.165) is 54.8 Å². The molecule has 1 aliphatic carbocycles. The van der Waals surface area contributed by atoms with Gasteiger partial charge >= 0.3 is 6.03 Å². The van der Waals surface area contributed by atoms with Gasteiger partial charge in [0.1, 0.15) is 28.3 Å². The summed E-state index contributed by atoms with van der Waals surface area (Å²) in [6, 6.07) is 10.2. The maximum Gasteiger partial charge on any atom is 0.325 e. The van der Waals surface area contributed by atoms with Crippen LogP contribution in [0.1, 0.15) is 68.3 Å². The van der Waals surface area contributed by atoms with Crippen molar-refractivity contribution >= 4 is 49.0 Å². The summed E-state index contributed by atoms with van der Waals surface area (Å²) in [4.78, 5) is 26.1. The Morgan fingerprint density at radius 3 is 2.67 bits per heavy atom. The molecule has 0 spiro atoms. The quantitative estimate of drug-likeness (QED) is 0.103. The lowest BCUT2D eigenvalue weighted by Crippen LogP contribution is -2.55. The maximum atomic E-state index is 12.8. The normalized spacial score (nSPS) is 20.9. The number of halogens is 1. The number of sulfone groups is 1. The summed E-state index contributed by atoms with van der Waals surface area (Å²) >= 11 is 3.57. The topological polar surface area (TPSA) is 135 Å². The highest BCUT2D eigenvalue weighted by atomic mass is 79.9. The van der Waals surface area contributed by atoms with Crippen molar-refractivity contribution in [2.45, 2.75) is 78.9 Å². The second-order valence-corrected chi connectivity index (χ2v) is 19.6. The molecule has 310 valence electrons. The molecule has 6 rings (SSSR count). The number of amides is 2. The molecule has 2 aromatic carbocycles. The fourth-order valence-electron chi connectivity index (χ4n) is 8.41. The first-order valence-corrected chi connectivity index (χ1v) is 22.8. The third-order valence-electron chi connectivity index (χ3n) is 11.5. The van der Waals surface area contributed by atoms with Crippen molar-refractivity contribution in [3.63, 3.8) is 0 Å². The molecule has 3 aliphatic rings. The zero-order chi connectivity index (χ0) is 40.7. The van der Waals surface area contributed by atoms with Crippen molar-refractivity contribution in [1.82, 2.24) is 14.9 Å². The number of hydrogen-bond acceptors (Lipinski definition) is 10. The van der Waals surface area contributed by atoms with E-state index in [1.807, 2.05) is 26.0 Å². The minimum absolute atomic E-state index is 0.127. The molecule has 12 nitrogen and oxygen atoms in total. The minimum atomic E-state index is -3.07. The van der Waals surface area contributed by atoms with Crippen LogP contribution >= 0.6 is 15.9 Å². The molecule has 4 atom stereocenters. The van der Waals surface area contributed by atoms with Crippen LogP contribution in [-0.2, 0) is 19.3 Å². The van der Waals surface area contributed by atoms with Gasteiger partial charge in [-0.25, -0.2) is 18.2 Å². The number of urea groups is 1. The molecule has 0 saturated carbocycles. The SMILES string of the molecule is CCS(=O)(=O)CCC(C)(C)C1C2CC=CC2c2cc(C)ccc2N1CCOCCCN1CCO[C@H](COc2cc(C)c(Br)cc2NC(=O)Nc2cnc(C)cn2)C1. The molecule has 14 heteroatoms. The largest absolute Gasteiger partial charge is 0.489 e. The average Bonchev–Trinajstić information content (AvgIpc) is 3.67. The Labute approximate surface area is 347 Å². The molecule has 3 heterocycles. The van der Waals surface area contributed by atoms with Crippen LogP contribution in [0.5, 0.6) is 5.75 Å². The summed E-state index contributed by atoms with van der Waals surface area (Å²) in [5.41, 5.74) is 5.93. The number of morpholine rings is 1. The third-order valence-corrected chi connectivity index (χ3v) is 14.1. The summed E-state index contributed by atoms with van der Waals surface area (Å²) in [5.74, 6) is 2.03. The molecular formula is C43H59BrN6O6S. The number of anilines is 3. The van der Waals surface area contributed by atoms with Gasteiger partial charge in [0.2, 0.25) is 0 Å². The predicted octanol–water partition coefficient (Wildman–Crippen LogP) is 7.69. The van der Waals surface area contributed by atoms with Crippen LogP contribution in [0.25, 0.3) is 0 Å². The first-order chi connectivity index (χ1) is 27.2. The molecule has 2 aliphatic heterocycles. The Morgan fingerprint density at radius 1 is 1.07 bits per heavy atom. The van der Waals surface area contributed by atoms with Crippen molar-refractivity contribution in [2.75, 3.05) is 79.6 Å². The molecule has 2 amide bonds. The summed E-state index contributed by atoms with van der Waals surface area (Å²) in [6.07, 6.45) is 10.2. The van der Waals surface area contributed by atoms with E-state index >= 15 is 0 Å². The van der Waals surface area contributed by atoms with Gasteiger partial charge in [-0.15, -0.1) is 0 Å². The Balaban J connectivity index is 0.997. The van der Waals surface area contributed by atoms with Crippen LogP contribution in [0.15, 0.2) is 59.4 Å². The van der Waals surface area contributed by atoms with Crippen molar-refractivity contribution in [3.05, 3.63) is 81.7 Å². The number of carbonyl (C=O) groups is 1. The highest BCUT2D eigenvalue weighted by molar-refractivity contribution is 9.10. The van der Waals surface area contributed by atoms with Gasteiger partial charge in [-0.05, 0) is 80.7 Å². The number of benzene rings is 2. The van der Waals surface area contributed by atoms with Gasteiger partial charge in [-0.1, -0.05) is 66.5 Å². The molecule has 3 unspecified atom stereocenters. The van der Waals surface area contributed by atoms with E-state index in [2.05, 4.69) is 97.5 Å². The van der Waals surface area contributed by atoms with E-state index in [1.165, 1.54) is 23.0 Å². The second-order valence-electron chi connectivity index (χ2n) is 16.3. The van der Waals surface area contributed by atoms with Crippen molar-refractivity contribution in [2.24, 2.45) is 11.3 Å². The molecule has 1 fully saturated rings. The van der Waals surface area contributed by atoms with Gasteiger partial charge in [-0.3, -0.25) is 15.2 Å². The zero-order valence-corrected chi connectivity index (χ0v) is 36.6. The smallest absolute Gasteiger partial charge is 0.325 e. The monoisotopic (exact) mass is 866 g/mol. The second kappa shape index (κ2) is 19.0. The maximum absolute atomic E-state index is 12.8. The lowest BCUT2D eigenvalue weighted by Gasteiger charge is -2.52. The van der Waals surface area contributed by atoms with Gasteiger partial charge in [0.05, 0.1) is 42.7 Å². The van der Waals surface area contributed by atoms with Crippen LogP contribution < -0.4 is 20.3 Å². The molecular weight excluding hydrogens is 808 g/mol. The fourth-order valence-corrected chi connectivity index (χ4v) is 9.88. The molecule has 3 aromatic rings. The molecule has 57 heavy (non-hydrogen) atoms. The van der Waals surface area contributed by atoms with E-state index in [1.54, 1.807) is 13.1 Å². The third kappa shape index (κ3) is 11.1. The van der Waals surface area contributed by atoms with Gasteiger partial charge < -0.3 is 24.4 Å². The number of aryl methyl sites for hydroxylation is 3. The number of nitrogens with one attached hydrogen (secondary N) is 2. The molecule has 1 saturated heterocycles. The van der Waals surface area contributed by atoms with E-state index < -0.39 is 15.9 Å². The minimum Gasteiger partial charge on any atom is -0.489 e. The number of carbonyl (C=O) groups excluding carboxylic acids is 1. The predicted molar refractivity (Wildman–Crippen MR) is 230 cm³/mol. The Kier molecular flexibility index (Phi) is 14.3. The highest BCUT2D eigenvalue weighted by Crippen LogP contribution is 2.52. The van der Waals surface area contributed by atoms with Gasteiger partial charge in [0.25, 0.3) is 0 Å². The molecule has 0 bridgehead atoms. The highest BCUT2D eigenvalue weighted by Gasteiger charge is 2.48. The van der Waals surface area contributed by atoms with Gasteiger partial charge in [0.15, 0.2) is 5.82 Å². The number of aromatic nitrogens is 2. The van der Waals surface area contributed by atoms with E-state index in [-0.39, 0.29) is 29.1 Å². The van der Waals surface area contributed by atoms with Crippen LogP contribution in [0.2, 0.25) is 0 Å². The number of fused-ring (bicyclic) bond motifs is 3. The van der Waals surface area contributed by atoms with Crippen molar-refractivity contribution in [1.29, 1.82) is 0 Å². The van der Waals surface area contributed by atoms with Crippen molar-refractivity contribution in [3.8, 4) is 5.75 Å². The van der Waals surface area contributed by atoms with Gasteiger partial charge in [0, 0.05) is 60.7 Å². The zero-order valence-electron chi connectivity index (χ0n) is 34.2. The van der Waals surface area contributed by atoms with E-state index in [4.69, 9.17) is 14.2 Å². The molecule has 1 aromatic heterocycles. The summed E-state index contributed by atoms with van der Waals surface area (Å²) in [7, 11) is -3.07. The van der Waals surface area contributed by atoms with Crippen LogP contribution in [0.3, 0.4) is 0 Å². The Morgan fingerprint density at radius 2 is 1.89 bits per heavy atom. The van der Waals surface area contributed by atoms with E-state index in [0.29, 0.717) is 61.9 Å². The summed E-state index contributed by atoms with van der Waals surface area (Å²) < 4.78 is 44.7. The number of nitrogens with zero attached hydrogens (tertiary/aromatic N) is 4. The van der Waals surface area contributed by atoms with E-state index in [9.17, 15) is 13.2 Å². The van der Waals surface area contributed by atoms with Crippen molar-refractivity contribution < 1.29 is 27.4 Å². The Hall–Kier alpha value is -3.56. The summed E-state index contributed by atoms with van der Waals surface area (Å²) in [5, 5.41) is 5.59. The lowest BCUT2D eigenvalue weighted by atomic mass is 9.67. The molecule has 2 N–H and O–H groups in total. The lowest BCUT2D eigenvalue weighted by molar-refractivity contribution is -0.0494. The molecule has 0 radical (unpaired) electrons. The van der Waals surface area contributed by atoms with Crippen LogP contribution in [0.4, 0.5) is 22.0 Å². The average molecular weight is 868 g/mol. The summed E-state index contributed by atoms with van der Waals surface area (Å²) in [6.45, 7) is 17.6. The standard InChI is InChI=1S/C43H59BrN6O6S/c1-7-57(52,53)21-14-43(5,6)41-34-11-8-10-33(34)35-22-29(2)12-13-38(35)50(41)17-19-54-18-9-15-49-16-20-55-32(27-49)28-56-39-23-30(3)36(44)24-37(39)47-42(51)48-40-26-45-31(4)25-46-40/h8,10,12-13,22-26,32-34,41H,7,9,11,14-21,27-28H2,1-6H3,(H2,46,47,48,51)/t32-,33?,34?,41?/m0/s1. The first-order valence-electron chi connectivity index (χ1n) is 20.2. The number of allylic oxidation sites excluding steroid dienone is 2. The van der Waals surface area contributed by atoms with Gasteiger partial charge in [-0.2, -0.15) is 0 Å².